The number of ether oxygens (including phenoxy) is 1. The maximum atomic E-state index is 10.1. The molecule has 23 heavy (non-hydrogen) atoms. The van der Waals surface area contributed by atoms with Gasteiger partial charge in [-0.25, -0.2) is 9.97 Å². The molecule has 0 aliphatic carbocycles. The summed E-state index contributed by atoms with van der Waals surface area (Å²) in [5.41, 5.74) is 3.04. The first-order chi connectivity index (χ1) is 10.9. The molecule has 2 aromatic carbocycles. The predicted octanol–water partition coefficient (Wildman–Crippen LogP) is 2.96. The van der Waals surface area contributed by atoms with Crippen LogP contribution in [-0.4, -0.2) is 53.9 Å². The molecule has 0 aliphatic rings. The summed E-state index contributed by atoms with van der Waals surface area (Å²) in [5, 5.41) is 10.1. The van der Waals surface area contributed by atoms with E-state index in [0.29, 0.717) is 17.9 Å². The third-order valence-electron chi connectivity index (χ3n) is 3.65. The Hall–Kier alpha value is -2.40. The van der Waals surface area contributed by atoms with Gasteiger partial charge in [-0.15, -0.1) is 0 Å². The van der Waals surface area contributed by atoms with Gasteiger partial charge in [-0.05, 0) is 12.1 Å². The van der Waals surface area contributed by atoms with Gasteiger partial charge in [0.2, 0.25) is 0 Å². The third kappa shape index (κ3) is 3.68. The number of para-hydroxylation sites is 2. The van der Waals surface area contributed by atoms with E-state index < -0.39 is 0 Å². The van der Waals surface area contributed by atoms with Crippen molar-refractivity contribution in [2.75, 3.05) is 34.3 Å². The van der Waals surface area contributed by atoms with Crippen LogP contribution < -0.4 is 4.74 Å². The number of benzene rings is 2. The zero-order valence-electron chi connectivity index (χ0n) is 13.8. The minimum Gasteiger partial charge on any atom is -0.504 e. The first kappa shape index (κ1) is 15.5. The van der Waals surface area contributed by atoms with E-state index in [0.717, 1.165) is 34.0 Å². The standard InChI is InChI=1S/C18H21N3O2/c1-21(2,3)9-6-10-23-18-12-16-15(11-17(18)22)19-13-7-4-5-8-14(13)20-16/h4-5,7-8,11-12H,6,9-10H2,1-3H3/p+1. The van der Waals surface area contributed by atoms with E-state index in [1.54, 1.807) is 12.1 Å². The summed E-state index contributed by atoms with van der Waals surface area (Å²) in [6.45, 7) is 1.58. The van der Waals surface area contributed by atoms with Crippen LogP contribution in [0.25, 0.3) is 22.1 Å². The van der Waals surface area contributed by atoms with Crippen LogP contribution in [0.3, 0.4) is 0 Å². The Labute approximate surface area is 135 Å². The van der Waals surface area contributed by atoms with Gasteiger partial charge >= 0.3 is 0 Å². The fourth-order valence-electron chi connectivity index (χ4n) is 2.48. The Balaban J connectivity index is 1.83. The van der Waals surface area contributed by atoms with Crippen molar-refractivity contribution in [2.24, 2.45) is 0 Å². The van der Waals surface area contributed by atoms with Crippen molar-refractivity contribution in [3.8, 4) is 11.5 Å². The first-order valence-electron chi connectivity index (χ1n) is 7.75. The molecule has 0 amide bonds. The fraction of sp³-hybridized carbons (Fsp3) is 0.333. The van der Waals surface area contributed by atoms with Gasteiger partial charge in [0.15, 0.2) is 11.5 Å². The number of rotatable bonds is 5. The molecule has 5 heteroatoms. The number of phenolic OH excluding ortho intramolecular Hbond substituents is 1. The van der Waals surface area contributed by atoms with E-state index >= 15 is 0 Å². The van der Waals surface area contributed by atoms with Crippen molar-refractivity contribution >= 4 is 22.1 Å². The molecule has 3 aromatic rings. The second-order valence-electron chi connectivity index (χ2n) is 6.74. The lowest BCUT2D eigenvalue weighted by molar-refractivity contribution is -0.870. The molecule has 0 aliphatic heterocycles. The minimum absolute atomic E-state index is 0.104. The lowest BCUT2D eigenvalue weighted by atomic mass is 10.2. The van der Waals surface area contributed by atoms with Crippen molar-refractivity contribution in [1.82, 2.24) is 9.97 Å². The number of quaternary nitrogens is 1. The van der Waals surface area contributed by atoms with Gasteiger partial charge < -0.3 is 14.3 Å². The van der Waals surface area contributed by atoms with Gasteiger partial charge in [0.25, 0.3) is 0 Å². The van der Waals surface area contributed by atoms with Gasteiger partial charge in [0.1, 0.15) is 0 Å². The number of aromatic nitrogens is 2. The number of nitrogens with zero attached hydrogens (tertiary/aromatic N) is 3. The maximum absolute atomic E-state index is 10.1. The Bertz CT molecular complexity index is 841. The number of fused-ring (bicyclic) bond motifs is 2. The van der Waals surface area contributed by atoms with Gasteiger partial charge in [-0.2, -0.15) is 0 Å². The summed E-state index contributed by atoms with van der Waals surface area (Å²) >= 11 is 0. The summed E-state index contributed by atoms with van der Waals surface area (Å²) < 4.78 is 6.62. The molecular formula is C18H22N3O2+. The highest BCUT2D eigenvalue weighted by Crippen LogP contribution is 2.30. The maximum Gasteiger partial charge on any atom is 0.163 e. The summed E-state index contributed by atoms with van der Waals surface area (Å²) in [6.07, 6.45) is 0.921. The highest BCUT2D eigenvalue weighted by molar-refractivity contribution is 5.87. The predicted molar refractivity (Wildman–Crippen MR) is 91.7 cm³/mol. The topological polar surface area (TPSA) is 55.2 Å². The Morgan fingerprint density at radius 3 is 2.17 bits per heavy atom. The van der Waals surface area contributed by atoms with Crippen LogP contribution in [0.2, 0.25) is 0 Å². The summed E-state index contributed by atoms with van der Waals surface area (Å²) in [6, 6.07) is 11.1. The van der Waals surface area contributed by atoms with Crippen LogP contribution >= 0.6 is 0 Å². The van der Waals surface area contributed by atoms with Gasteiger partial charge in [0, 0.05) is 18.6 Å². The Morgan fingerprint density at radius 2 is 1.57 bits per heavy atom. The highest BCUT2D eigenvalue weighted by Gasteiger charge is 2.10. The van der Waals surface area contributed by atoms with Crippen molar-refractivity contribution in [3.05, 3.63) is 36.4 Å². The molecule has 0 spiro atoms. The molecule has 0 fully saturated rings. The monoisotopic (exact) mass is 312 g/mol. The number of hydrogen-bond acceptors (Lipinski definition) is 4. The van der Waals surface area contributed by atoms with Crippen LogP contribution in [0.5, 0.6) is 11.5 Å². The molecule has 0 bridgehead atoms. The molecule has 5 nitrogen and oxygen atoms in total. The van der Waals surface area contributed by atoms with Crippen LogP contribution in [0.1, 0.15) is 6.42 Å². The van der Waals surface area contributed by atoms with Crippen molar-refractivity contribution in [3.63, 3.8) is 0 Å². The first-order valence-corrected chi connectivity index (χ1v) is 7.75. The highest BCUT2D eigenvalue weighted by atomic mass is 16.5. The molecule has 1 N–H and O–H groups in total. The second kappa shape index (κ2) is 6.01. The molecule has 0 radical (unpaired) electrons. The molecule has 0 unspecified atom stereocenters. The van der Waals surface area contributed by atoms with E-state index in [1.807, 2.05) is 24.3 Å². The molecule has 0 atom stereocenters. The molecule has 0 saturated carbocycles. The second-order valence-corrected chi connectivity index (χ2v) is 6.74. The molecule has 1 heterocycles. The van der Waals surface area contributed by atoms with Crippen molar-refractivity contribution in [1.29, 1.82) is 0 Å². The van der Waals surface area contributed by atoms with Crippen LogP contribution in [0, 0.1) is 0 Å². The Kier molecular flexibility index (Phi) is 4.05. The van der Waals surface area contributed by atoms with E-state index in [2.05, 4.69) is 31.1 Å². The number of phenols is 1. The molecule has 3 rings (SSSR count). The average molecular weight is 312 g/mol. The van der Waals surface area contributed by atoms with E-state index in [4.69, 9.17) is 4.74 Å². The SMILES string of the molecule is C[N+](C)(C)CCCOc1cc2nc3ccccc3nc2cc1O. The van der Waals surface area contributed by atoms with Crippen LogP contribution in [0.15, 0.2) is 36.4 Å². The van der Waals surface area contributed by atoms with Crippen LogP contribution in [0.4, 0.5) is 0 Å². The van der Waals surface area contributed by atoms with Crippen molar-refractivity contribution < 1.29 is 14.3 Å². The van der Waals surface area contributed by atoms with E-state index in [1.165, 1.54) is 0 Å². The molecule has 0 saturated heterocycles. The van der Waals surface area contributed by atoms with Gasteiger partial charge in [-0.3, -0.25) is 0 Å². The lowest BCUT2D eigenvalue weighted by Crippen LogP contribution is -2.35. The quantitative estimate of drug-likeness (QED) is 0.447. The number of hydrogen-bond donors (Lipinski definition) is 1. The smallest absolute Gasteiger partial charge is 0.163 e. The van der Waals surface area contributed by atoms with Crippen LogP contribution in [-0.2, 0) is 0 Å². The average Bonchev–Trinajstić information content (AvgIpc) is 2.49. The molecule has 1 aromatic heterocycles. The lowest BCUT2D eigenvalue weighted by Gasteiger charge is -2.23. The molecular weight excluding hydrogens is 290 g/mol. The molecule has 120 valence electrons. The number of aromatic hydroxyl groups is 1. The largest absolute Gasteiger partial charge is 0.504 e. The minimum atomic E-state index is 0.104. The zero-order chi connectivity index (χ0) is 16.4. The normalized spacial score (nSPS) is 12.0. The summed E-state index contributed by atoms with van der Waals surface area (Å²) in [4.78, 5) is 9.12. The zero-order valence-corrected chi connectivity index (χ0v) is 13.8. The summed E-state index contributed by atoms with van der Waals surface area (Å²) in [7, 11) is 6.44. The van der Waals surface area contributed by atoms with E-state index in [9.17, 15) is 5.11 Å². The Morgan fingerprint density at radius 1 is 0.957 bits per heavy atom. The van der Waals surface area contributed by atoms with Crippen molar-refractivity contribution in [2.45, 2.75) is 6.42 Å². The van der Waals surface area contributed by atoms with Gasteiger partial charge in [-0.1, -0.05) is 12.1 Å². The van der Waals surface area contributed by atoms with Gasteiger partial charge in [0.05, 0.1) is 56.4 Å². The third-order valence-corrected chi connectivity index (χ3v) is 3.65. The van der Waals surface area contributed by atoms with E-state index in [-0.39, 0.29) is 5.75 Å². The summed E-state index contributed by atoms with van der Waals surface area (Å²) in [5.74, 6) is 0.566. The fourth-order valence-corrected chi connectivity index (χ4v) is 2.48.